The summed E-state index contributed by atoms with van der Waals surface area (Å²) in [5.74, 6) is -0.0531. The minimum Gasteiger partial charge on any atom is -0.398 e. The van der Waals surface area contributed by atoms with E-state index in [-0.39, 0.29) is 16.9 Å². The molecule has 8 heteroatoms. The van der Waals surface area contributed by atoms with Crippen LogP contribution in [0.2, 0.25) is 0 Å². The van der Waals surface area contributed by atoms with Crippen LogP contribution in [-0.4, -0.2) is 50.3 Å². The molecule has 0 saturated carbocycles. The Morgan fingerprint density at radius 3 is 2.35 bits per heavy atom. The van der Waals surface area contributed by atoms with Gasteiger partial charge in [-0.1, -0.05) is 61.5 Å². The van der Waals surface area contributed by atoms with Crippen LogP contribution in [0, 0.1) is 0 Å². The lowest BCUT2D eigenvalue weighted by atomic mass is 9.95. The van der Waals surface area contributed by atoms with Crippen molar-refractivity contribution >= 4 is 44.0 Å². The number of benzene rings is 3. The summed E-state index contributed by atoms with van der Waals surface area (Å²) in [6.07, 6.45) is 4.32. The number of hydrogen-bond donors (Lipinski definition) is 1. The maximum Gasteiger partial charge on any atom is 0.251 e. The van der Waals surface area contributed by atoms with Crippen molar-refractivity contribution in [3.05, 3.63) is 95.2 Å². The van der Waals surface area contributed by atoms with Crippen molar-refractivity contribution in [2.45, 2.75) is 31.0 Å². The standard InChI is InChI=1S/C32H37N4O3S/c1-22-19-35(29-18-28(33)26-13-9-10-14-27(26)31(22)29)30(37)16-15-24-17-25(34(2)32(24)40(5,38)39)21-36(3,4)20-23-11-7-6-8-12-23/h6-18,22H,19-21,33H2,1-5H3/q+1/b16-15+. The monoisotopic (exact) mass is 557 g/mol. The SMILES string of the molecule is CC1CN(C(=O)/C=C/c2cc(C[N+](C)(C)Cc3ccccc3)n(C)c2S(C)(=O)=O)c2cc(N)c3ccccc3c21. The highest BCUT2D eigenvalue weighted by Crippen LogP contribution is 2.43. The quantitative estimate of drug-likeness (QED) is 0.195. The summed E-state index contributed by atoms with van der Waals surface area (Å²) < 4.78 is 28.1. The van der Waals surface area contributed by atoms with Crippen LogP contribution in [0.3, 0.4) is 0 Å². The first kappa shape index (κ1) is 27.7. The molecule has 0 aliphatic carbocycles. The summed E-state index contributed by atoms with van der Waals surface area (Å²) >= 11 is 0. The van der Waals surface area contributed by atoms with Gasteiger partial charge in [0.1, 0.15) is 18.1 Å². The van der Waals surface area contributed by atoms with E-state index in [0.717, 1.165) is 34.3 Å². The predicted octanol–water partition coefficient (Wildman–Crippen LogP) is 5.10. The molecule has 2 N–H and O–H groups in total. The lowest BCUT2D eigenvalue weighted by Gasteiger charge is -2.30. The van der Waals surface area contributed by atoms with Gasteiger partial charge < -0.3 is 19.7 Å². The average Bonchev–Trinajstić information content (AvgIpc) is 3.38. The summed E-state index contributed by atoms with van der Waals surface area (Å²) in [6, 6.07) is 22.0. The average molecular weight is 558 g/mol. The van der Waals surface area contributed by atoms with Gasteiger partial charge in [-0.05, 0) is 29.2 Å². The maximum absolute atomic E-state index is 13.5. The molecule has 1 unspecified atom stereocenters. The molecule has 3 aromatic carbocycles. The molecular weight excluding hydrogens is 520 g/mol. The molecule has 1 amide bonds. The zero-order valence-corrected chi connectivity index (χ0v) is 24.6. The Balaban J connectivity index is 1.45. The Labute approximate surface area is 236 Å². The fraction of sp³-hybridized carbons (Fsp3) is 0.281. The van der Waals surface area contributed by atoms with Crippen molar-refractivity contribution in [1.82, 2.24) is 4.57 Å². The maximum atomic E-state index is 13.5. The number of nitrogens with two attached hydrogens (primary N) is 1. The van der Waals surface area contributed by atoms with E-state index in [0.29, 0.717) is 28.8 Å². The summed E-state index contributed by atoms with van der Waals surface area (Å²) in [4.78, 5) is 15.2. The molecule has 1 aromatic heterocycles. The first-order valence-corrected chi connectivity index (χ1v) is 15.3. The fourth-order valence-electron chi connectivity index (χ4n) is 6.04. The minimum absolute atomic E-state index is 0.150. The van der Waals surface area contributed by atoms with Gasteiger partial charge in [-0.15, -0.1) is 0 Å². The third-order valence-electron chi connectivity index (χ3n) is 7.71. The molecule has 0 radical (unpaired) electrons. The number of nitrogens with zero attached hydrogens (tertiary/aromatic N) is 3. The third kappa shape index (κ3) is 5.29. The number of hydrogen-bond acceptors (Lipinski definition) is 4. The largest absolute Gasteiger partial charge is 0.398 e. The molecule has 0 fully saturated rings. The first-order valence-electron chi connectivity index (χ1n) is 13.4. The Hall–Kier alpha value is -3.88. The van der Waals surface area contributed by atoms with Crippen molar-refractivity contribution in [3.63, 3.8) is 0 Å². The van der Waals surface area contributed by atoms with Crippen LogP contribution in [0.5, 0.6) is 0 Å². The highest BCUT2D eigenvalue weighted by molar-refractivity contribution is 7.90. The lowest BCUT2D eigenvalue weighted by Crippen LogP contribution is -2.38. The normalized spacial score (nSPS) is 15.7. The summed E-state index contributed by atoms with van der Waals surface area (Å²) in [5.41, 5.74) is 11.5. The number of carbonyl (C=O) groups is 1. The number of anilines is 2. The molecular formula is C32H37N4O3S+. The van der Waals surface area contributed by atoms with Crippen molar-refractivity contribution in [3.8, 4) is 0 Å². The van der Waals surface area contributed by atoms with E-state index < -0.39 is 9.84 Å². The number of fused-ring (bicyclic) bond motifs is 3. The Morgan fingerprint density at radius 2 is 1.68 bits per heavy atom. The molecule has 1 aliphatic rings. The smallest absolute Gasteiger partial charge is 0.251 e. The number of aromatic nitrogens is 1. The second kappa shape index (κ2) is 10.3. The Kier molecular flexibility index (Phi) is 7.10. The molecule has 1 atom stereocenters. The topological polar surface area (TPSA) is 85.4 Å². The number of sulfone groups is 1. The van der Waals surface area contributed by atoms with Gasteiger partial charge in [0.15, 0.2) is 9.84 Å². The van der Waals surface area contributed by atoms with Gasteiger partial charge in [0, 0.05) is 54.0 Å². The zero-order valence-electron chi connectivity index (χ0n) is 23.8. The molecule has 5 rings (SSSR count). The van der Waals surface area contributed by atoms with Crippen molar-refractivity contribution < 1.29 is 17.7 Å². The molecule has 4 aromatic rings. The Morgan fingerprint density at radius 1 is 1.02 bits per heavy atom. The molecule has 1 aliphatic heterocycles. The van der Waals surface area contributed by atoms with E-state index >= 15 is 0 Å². The second-order valence-corrected chi connectivity index (χ2v) is 13.5. The molecule has 0 saturated heterocycles. The van der Waals surface area contributed by atoms with E-state index in [9.17, 15) is 13.2 Å². The molecule has 0 bridgehead atoms. The Bertz CT molecular complexity index is 1740. The third-order valence-corrected chi connectivity index (χ3v) is 8.92. The van der Waals surface area contributed by atoms with E-state index in [1.165, 1.54) is 17.9 Å². The number of carbonyl (C=O) groups excluding carboxylic acids is 1. The van der Waals surface area contributed by atoms with Gasteiger partial charge in [-0.25, -0.2) is 8.42 Å². The summed E-state index contributed by atoms with van der Waals surface area (Å²) in [6.45, 7) is 4.07. The molecule has 0 spiro atoms. The molecule has 2 heterocycles. The number of rotatable bonds is 7. The fourth-order valence-corrected chi connectivity index (χ4v) is 7.21. The van der Waals surface area contributed by atoms with Crippen LogP contribution >= 0.6 is 0 Å². The molecule has 7 nitrogen and oxygen atoms in total. The number of quaternary nitrogens is 1. The molecule has 208 valence electrons. The van der Waals surface area contributed by atoms with Crippen LogP contribution in [0.4, 0.5) is 11.4 Å². The van der Waals surface area contributed by atoms with Crippen molar-refractivity contribution in [2.24, 2.45) is 7.05 Å². The van der Waals surface area contributed by atoms with Crippen LogP contribution in [0.1, 0.15) is 35.2 Å². The number of amides is 1. The van der Waals surface area contributed by atoms with E-state index in [1.54, 1.807) is 22.6 Å². The first-order chi connectivity index (χ1) is 18.9. The highest BCUT2D eigenvalue weighted by Gasteiger charge is 2.31. The van der Waals surface area contributed by atoms with Crippen LogP contribution in [0.25, 0.3) is 16.8 Å². The van der Waals surface area contributed by atoms with Gasteiger partial charge in [-0.3, -0.25) is 4.79 Å². The minimum atomic E-state index is -3.55. The van der Waals surface area contributed by atoms with E-state index in [2.05, 4.69) is 33.2 Å². The molecule has 40 heavy (non-hydrogen) atoms. The van der Waals surface area contributed by atoms with Gasteiger partial charge in [-0.2, -0.15) is 0 Å². The van der Waals surface area contributed by atoms with Crippen LogP contribution < -0.4 is 10.6 Å². The van der Waals surface area contributed by atoms with Gasteiger partial charge in [0.25, 0.3) is 5.91 Å². The summed E-state index contributed by atoms with van der Waals surface area (Å²) in [5, 5.41) is 2.26. The highest BCUT2D eigenvalue weighted by atomic mass is 32.2. The second-order valence-electron chi connectivity index (χ2n) is 11.6. The van der Waals surface area contributed by atoms with Gasteiger partial charge in [0.2, 0.25) is 0 Å². The van der Waals surface area contributed by atoms with Crippen LogP contribution in [0.15, 0.2) is 77.8 Å². The van der Waals surface area contributed by atoms with E-state index in [1.807, 2.05) is 54.6 Å². The zero-order chi connectivity index (χ0) is 28.8. The van der Waals surface area contributed by atoms with Crippen LogP contribution in [-0.2, 0) is 34.8 Å². The van der Waals surface area contributed by atoms with Gasteiger partial charge in [0.05, 0.1) is 25.5 Å². The predicted molar refractivity (Wildman–Crippen MR) is 163 cm³/mol. The summed E-state index contributed by atoms with van der Waals surface area (Å²) in [7, 11) is 2.48. The van der Waals surface area contributed by atoms with Crippen molar-refractivity contribution in [2.75, 3.05) is 37.5 Å². The van der Waals surface area contributed by atoms with Gasteiger partial charge >= 0.3 is 0 Å². The lowest BCUT2D eigenvalue weighted by molar-refractivity contribution is -0.917. The van der Waals surface area contributed by atoms with Crippen molar-refractivity contribution in [1.29, 1.82) is 0 Å². The number of nitrogen functional groups attached to an aromatic ring is 1. The van der Waals surface area contributed by atoms with E-state index in [4.69, 9.17) is 5.73 Å².